The van der Waals surface area contributed by atoms with Gasteiger partial charge in [-0.05, 0) is 30.3 Å². The quantitative estimate of drug-likeness (QED) is 0.541. The van der Waals surface area contributed by atoms with Crippen molar-refractivity contribution in [3.05, 3.63) is 69.0 Å². The minimum atomic E-state index is -4.07. The summed E-state index contributed by atoms with van der Waals surface area (Å²) >= 11 is 12.5. The third-order valence-electron chi connectivity index (χ3n) is 3.55. The summed E-state index contributed by atoms with van der Waals surface area (Å²) in [6.45, 7) is 0. The molecule has 0 atom stereocenters. The van der Waals surface area contributed by atoms with E-state index in [2.05, 4.69) is 9.71 Å². The number of hydrogen-bond donors (Lipinski definition) is 1. The summed E-state index contributed by atoms with van der Waals surface area (Å²) in [5.74, 6) is -1.71. The lowest BCUT2D eigenvalue weighted by molar-refractivity contribution is 0.102. The van der Waals surface area contributed by atoms with Crippen LogP contribution < -0.4 is 9.46 Å². The highest BCUT2D eigenvalue weighted by Gasteiger charge is 2.26. The molecule has 2 heterocycles. The number of methoxy groups -OCH3 is 1. The number of ketones is 1. The Morgan fingerprint density at radius 1 is 1.25 bits per heavy atom. The molecule has 28 heavy (non-hydrogen) atoms. The van der Waals surface area contributed by atoms with Gasteiger partial charge in [-0.15, -0.1) is 11.3 Å². The molecule has 2 aromatic heterocycles. The van der Waals surface area contributed by atoms with Gasteiger partial charge >= 0.3 is 0 Å². The van der Waals surface area contributed by atoms with Crippen LogP contribution in [0, 0.1) is 5.82 Å². The molecule has 1 N–H and O–H groups in total. The van der Waals surface area contributed by atoms with Crippen molar-refractivity contribution in [3.8, 4) is 5.75 Å². The second-order valence-electron chi connectivity index (χ2n) is 5.36. The third-order valence-corrected chi connectivity index (χ3v) is 6.84. The topological polar surface area (TPSA) is 85.4 Å². The first kappa shape index (κ1) is 20.5. The van der Waals surface area contributed by atoms with Gasteiger partial charge in [0.15, 0.2) is 0 Å². The van der Waals surface area contributed by atoms with Crippen molar-refractivity contribution >= 4 is 56.0 Å². The fourth-order valence-corrected chi connectivity index (χ4v) is 5.05. The number of aromatic nitrogens is 1. The molecule has 0 aliphatic heterocycles. The number of rotatable bonds is 6. The van der Waals surface area contributed by atoms with Gasteiger partial charge in [-0.25, -0.2) is 17.8 Å². The Morgan fingerprint density at radius 2 is 2.00 bits per heavy atom. The Morgan fingerprint density at radius 3 is 2.64 bits per heavy atom. The van der Waals surface area contributed by atoms with Gasteiger partial charge in [-0.2, -0.15) is 0 Å². The summed E-state index contributed by atoms with van der Waals surface area (Å²) < 4.78 is 47.0. The highest BCUT2D eigenvalue weighted by Crippen LogP contribution is 2.31. The Kier molecular flexibility index (Phi) is 5.90. The molecule has 146 valence electrons. The van der Waals surface area contributed by atoms with Gasteiger partial charge in [-0.3, -0.25) is 9.52 Å². The van der Waals surface area contributed by atoms with Crippen LogP contribution in [0.4, 0.5) is 10.1 Å². The van der Waals surface area contributed by atoms with Crippen LogP contribution in [-0.4, -0.2) is 26.3 Å². The van der Waals surface area contributed by atoms with E-state index in [0.717, 1.165) is 23.6 Å². The Balaban J connectivity index is 2.09. The van der Waals surface area contributed by atoms with E-state index in [1.807, 2.05) is 0 Å². The maximum absolute atomic E-state index is 14.3. The van der Waals surface area contributed by atoms with Gasteiger partial charge in [-0.1, -0.05) is 29.3 Å². The third kappa shape index (κ3) is 4.12. The lowest BCUT2D eigenvalue weighted by atomic mass is 10.0. The largest absolute Gasteiger partial charge is 0.496 e. The molecule has 0 spiro atoms. The predicted octanol–water partition coefficient (Wildman–Crippen LogP) is 4.63. The summed E-state index contributed by atoms with van der Waals surface area (Å²) in [7, 11) is -2.78. The number of sulfonamides is 1. The lowest BCUT2D eigenvalue weighted by Crippen LogP contribution is -2.17. The van der Waals surface area contributed by atoms with E-state index < -0.39 is 21.6 Å². The van der Waals surface area contributed by atoms with Crippen LogP contribution in [-0.2, 0) is 10.0 Å². The van der Waals surface area contributed by atoms with E-state index in [9.17, 15) is 17.6 Å². The Labute approximate surface area is 173 Å². The summed E-state index contributed by atoms with van der Waals surface area (Å²) in [5, 5.41) is 0.0824. The summed E-state index contributed by atoms with van der Waals surface area (Å²) in [4.78, 5) is 16.8. The van der Waals surface area contributed by atoms with Gasteiger partial charge < -0.3 is 4.74 Å². The van der Waals surface area contributed by atoms with E-state index in [0.29, 0.717) is 0 Å². The molecule has 1 aromatic carbocycles. The second-order valence-corrected chi connectivity index (χ2v) is 9.42. The number of nitrogens with one attached hydrogen (secondary N) is 1. The number of benzene rings is 1. The van der Waals surface area contributed by atoms with Gasteiger partial charge in [0.2, 0.25) is 5.78 Å². The first-order chi connectivity index (χ1) is 13.2. The SMILES string of the molecule is COc1cccc(F)c1C(=O)c1ncc(Cl)cc1NS(=O)(=O)c1ccc(Cl)s1. The maximum atomic E-state index is 14.3. The standard InChI is InChI=1S/C17H11Cl2FN2O4S2/c1-26-12-4-2-3-10(20)15(12)17(23)16-11(7-9(18)8-21-16)22-28(24,25)14-6-5-13(19)27-14/h2-8,22H,1H3. The molecule has 0 saturated heterocycles. The number of ether oxygens (including phenoxy) is 1. The highest BCUT2D eigenvalue weighted by atomic mass is 35.5. The van der Waals surface area contributed by atoms with Gasteiger partial charge in [0, 0.05) is 6.20 Å². The van der Waals surface area contributed by atoms with E-state index in [4.69, 9.17) is 27.9 Å². The van der Waals surface area contributed by atoms with Crippen LogP contribution in [0.1, 0.15) is 16.1 Å². The van der Waals surface area contributed by atoms with Crippen molar-refractivity contribution in [2.45, 2.75) is 4.21 Å². The van der Waals surface area contributed by atoms with E-state index >= 15 is 0 Å². The van der Waals surface area contributed by atoms with Crippen molar-refractivity contribution in [2.75, 3.05) is 11.8 Å². The summed E-state index contributed by atoms with van der Waals surface area (Å²) in [6, 6.07) is 7.82. The van der Waals surface area contributed by atoms with Crippen LogP contribution in [0.2, 0.25) is 9.36 Å². The summed E-state index contributed by atoms with van der Waals surface area (Å²) in [5.41, 5.74) is -0.911. The van der Waals surface area contributed by atoms with Crippen LogP contribution >= 0.6 is 34.5 Å². The smallest absolute Gasteiger partial charge is 0.271 e. The molecule has 0 fully saturated rings. The van der Waals surface area contributed by atoms with Gasteiger partial charge in [0.25, 0.3) is 10.0 Å². The molecular formula is C17H11Cl2FN2O4S2. The molecule has 0 bridgehead atoms. The first-order valence-corrected chi connectivity index (χ1v) is 10.6. The lowest BCUT2D eigenvalue weighted by Gasteiger charge is -2.13. The van der Waals surface area contributed by atoms with E-state index in [-0.39, 0.29) is 36.3 Å². The number of pyridine rings is 1. The second kappa shape index (κ2) is 8.04. The average Bonchev–Trinajstić information content (AvgIpc) is 3.08. The van der Waals surface area contributed by atoms with Crippen molar-refractivity contribution < 1.29 is 22.3 Å². The zero-order valence-electron chi connectivity index (χ0n) is 14.1. The minimum absolute atomic E-state index is 0.0133. The normalized spacial score (nSPS) is 11.3. The number of halogens is 3. The monoisotopic (exact) mass is 460 g/mol. The molecular weight excluding hydrogens is 450 g/mol. The average molecular weight is 461 g/mol. The molecule has 6 nitrogen and oxygen atoms in total. The molecule has 0 amide bonds. The Bertz CT molecular complexity index is 1170. The van der Waals surface area contributed by atoms with E-state index in [1.54, 1.807) is 0 Å². The van der Waals surface area contributed by atoms with Crippen molar-refractivity contribution in [1.82, 2.24) is 4.98 Å². The number of anilines is 1. The molecule has 0 aliphatic carbocycles. The van der Waals surface area contributed by atoms with Gasteiger partial charge in [0.1, 0.15) is 27.0 Å². The predicted molar refractivity (Wildman–Crippen MR) is 106 cm³/mol. The first-order valence-electron chi connectivity index (χ1n) is 7.54. The number of carbonyl (C=O) groups excluding carboxylic acids is 1. The zero-order valence-corrected chi connectivity index (χ0v) is 17.2. The highest BCUT2D eigenvalue weighted by molar-refractivity contribution is 7.94. The Hall–Kier alpha value is -2.20. The number of carbonyl (C=O) groups is 1. The van der Waals surface area contributed by atoms with Crippen molar-refractivity contribution in [2.24, 2.45) is 0 Å². The number of hydrogen-bond acceptors (Lipinski definition) is 6. The zero-order chi connectivity index (χ0) is 20.5. The molecule has 11 heteroatoms. The molecule has 0 saturated carbocycles. The van der Waals surface area contributed by atoms with E-state index in [1.165, 1.54) is 37.4 Å². The van der Waals surface area contributed by atoms with Crippen LogP contribution in [0.5, 0.6) is 5.75 Å². The molecule has 3 rings (SSSR count). The molecule has 0 radical (unpaired) electrons. The fraction of sp³-hybridized carbons (Fsp3) is 0.0588. The molecule has 0 aliphatic rings. The maximum Gasteiger partial charge on any atom is 0.271 e. The fourth-order valence-electron chi connectivity index (χ4n) is 2.35. The van der Waals surface area contributed by atoms with Crippen LogP contribution in [0.15, 0.2) is 46.8 Å². The van der Waals surface area contributed by atoms with Crippen molar-refractivity contribution in [1.29, 1.82) is 0 Å². The van der Waals surface area contributed by atoms with Gasteiger partial charge in [0.05, 0.1) is 22.2 Å². The van der Waals surface area contributed by atoms with Crippen molar-refractivity contribution in [3.63, 3.8) is 0 Å². The summed E-state index contributed by atoms with van der Waals surface area (Å²) in [6.07, 6.45) is 1.15. The molecule has 0 unspecified atom stereocenters. The number of thiophene rings is 1. The minimum Gasteiger partial charge on any atom is -0.496 e. The number of nitrogens with zero attached hydrogens (tertiary/aromatic N) is 1. The van der Waals surface area contributed by atoms with Crippen LogP contribution in [0.25, 0.3) is 0 Å². The van der Waals surface area contributed by atoms with Crippen LogP contribution in [0.3, 0.4) is 0 Å². The molecule has 3 aromatic rings.